The standard InChI is InChI=1S/C27H27N5O3.C2H6/c1-20-29-26(31-27(30-20)32(2)15-16-34-19-33)28-18-21-13-14-25(35-23-11-7-4-8-12-23)24(17-21)22-9-5-3-6-10-22;1-2/h3-14,17,19H,15-16,18H2,1-2H3,(H,28,29,30,31);1-2H3. The van der Waals surface area contributed by atoms with Gasteiger partial charge in [-0.3, -0.25) is 4.79 Å². The normalized spacial score (nSPS) is 10.1. The molecule has 0 spiro atoms. The SMILES string of the molecule is CC.Cc1nc(NCc2ccc(Oc3ccccc3)c(-c3ccccc3)c2)nc(N(C)CCOC=O)n1. The summed E-state index contributed by atoms with van der Waals surface area (Å²) in [5.74, 6) is 3.14. The van der Waals surface area contributed by atoms with Gasteiger partial charge in [-0.2, -0.15) is 15.0 Å². The fourth-order valence-corrected chi connectivity index (χ4v) is 3.47. The molecule has 0 aliphatic rings. The van der Waals surface area contributed by atoms with E-state index in [1.165, 1.54) is 0 Å². The zero-order valence-electron chi connectivity index (χ0n) is 21.7. The summed E-state index contributed by atoms with van der Waals surface area (Å²) in [6, 6.07) is 26.0. The minimum absolute atomic E-state index is 0.257. The monoisotopic (exact) mass is 499 g/mol. The zero-order valence-corrected chi connectivity index (χ0v) is 21.7. The van der Waals surface area contributed by atoms with Gasteiger partial charge in [0.15, 0.2) is 0 Å². The van der Waals surface area contributed by atoms with E-state index in [4.69, 9.17) is 9.47 Å². The lowest BCUT2D eigenvalue weighted by Gasteiger charge is -2.17. The number of ether oxygens (including phenoxy) is 2. The molecule has 0 saturated carbocycles. The number of para-hydroxylation sites is 1. The predicted molar refractivity (Wildman–Crippen MR) is 147 cm³/mol. The average Bonchev–Trinajstić information content (AvgIpc) is 2.94. The van der Waals surface area contributed by atoms with Gasteiger partial charge in [-0.1, -0.05) is 68.4 Å². The molecule has 37 heavy (non-hydrogen) atoms. The van der Waals surface area contributed by atoms with E-state index in [0.29, 0.717) is 37.3 Å². The van der Waals surface area contributed by atoms with Crippen LogP contribution in [0.2, 0.25) is 0 Å². The van der Waals surface area contributed by atoms with Crippen LogP contribution in [0.3, 0.4) is 0 Å². The van der Waals surface area contributed by atoms with Crippen molar-refractivity contribution in [1.29, 1.82) is 0 Å². The van der Waals surface area contributed by atoms with Crippen LogP contribution in [0, 0.1) is 6.92 Å². The summed E-state index contributed by atoms with van der Waals surface area (Å²) in [5.41, 5.74) is 3.12. The van der Waals surface area contributed by atoms with Crippen LogP contribution in [0.5, 0.6) is 11.5 Å². The fourth-order valence-electron chi connectivity index (χ4n) is 3.47. The lowest BCUT2D eigenvalue weighted by molar-refractivity contribution is -0.128. The van der Waals surface area contributed by atoms with Crippen LogP contribution in [0.25, 0.3) is 11.1 Å². The van der Waals surface area contributed by atoms with E-state index >= 15 is 0 Å². The van der Waals surface area contributed by atoms with Gasteiger partial charge in [-0.05, 0) is 42.3 Å². The summed E-state index contributed by atoms with van der Waals surface area (Å²) in [6.07, 6.45) is 0. The number of hydrogen-bond acceptors (Lipinski definition) is 8. The van der Waals surface area contributed by atoms with Crippen molar-refractivity contribution < 1.29 is 14.3 Å². The van der Waals surface area contributed by atoms with Crippen LogP contribution >= 0.6 is 0 Å². The molecule has 192 valence electrons. The summed E-state index contributed by atoms with van der Waals surface area (Å²) in [5, 5.41) is 3.30. The maximum Gasteiger partial charge on any atom is 0.293 e. The van der Waals surface area contributed by atoms with Crippen molar-refractivity contribution in [3.63, 3.8) is 0 Å². The van der Waals surface area contributed by atoms with Crippen LogP contribution < -0.4 is 15.0 Å². The van der Waals surface area contributed by atoms with E-state index in [1.807, 2.05) is 93.4 Å². The summed E-state index contributed by atoms with van der Waals surface area (Å²) >= 11 is 0. The van der Waals surface area contributed by atoms with Crippen molar-refractivity contribution in [2.45, 2.75) is 27.3 Å². The molecular weight excluding hydrogens is 466 g/mol. The molecule has 0 saturated heterocycles. The van der Waals surface area contributed by atoms with E-state index in [2.05, 4.69) is 38.5 Å². The lowest BCUT2D eigenvalue weighted by atomic mass is 10.0. The Kier molecular flexibility index (Phi) is 10.4. The number of anilines is 2. The molecule has 1 N–H and O–H groups in total. The van der Waals surface area contributed by atoms with E-state index in [-0.39, 0.29) is 6.61 Å². The Morgan fingerprint density at radius 2 is 1.62 bits per heavy atom. The number of nitrogens with one attached hydrogen (secondary N) is 1. The van der Waals surface area contributed by atoms with Crippen molar-refractivity contribution in [3.05, 3.63) is 90.3 Å². The van der Waals surface area contributed by atoms with Gasteiger partial charge in [0.25, 0.3) is 6.47 Å². The number of aryl methyl sites for hydroxylation is 1. The number of hydrogen-bond donors (Lipinski definition) is 1. The molecule has 0 bridgehead atoms. The second-order valence-corrected chi connectivity index (χ2v) is 7.86. The van der Waals surface area contributed by atoms with E-state index in [9.17, 15) is 4.79 Å². The Morgan fingerprint density at radius 1 is 0.919 bits per heavy atom. The van der Waals surface area contributed by atoms with Crippen molar-refractivity contribution >= 4 is 18.4 Å². The lowest BCUT2D eigenvalue weighted by Crippen LogP contribution is -2.25. The van der Waals surface area contributed by atoms with E-state index < -0.39 is 0 Å². The maximum absolute atomic E-state index is 10.4. The van der Waals surface area contributed by atoms with Crippen LogP contribution in [0.15, 0.2) is 78.9 Å². The molecule has 0 amide bonds. The third-order valence-electron chi connectivity index (χ3n) is 5.24. The van der Waals surface area contributed by atoms with Crippen molar-refractivity contribution in [1.82, 2.24) is 15.0 Å². The molecular formula is C29H33N5O3. The second kappa shape index (κ2) is 14.2. The molecule has 0 aliphatic heterocycles. The molecule has 0 unspecified atom stereocenters. The van der Waals surface area contributed by atoms with E-state index in [0.717, 1.165) is 28.2 Å². The van der Waals surface area contributed by atoms with Crippen LogP contribution in [-0.2, 0) is 16.1 Å². The first kappa shape index (κ1) is 27.1. The number of nitrogens with zero attached hydrogens (tertiary/aromatic N) is 4. The number of benzene rings is 3. The second-order valence-electron chi connectivity index (χ2n) is 7.86. The zero-order chi connectivity index (χ0) is 26.5. The minimum Gasteiger partial charge on any atom is -0.466 e. The van der Waals surface area contributed by atoms with Crippen molar-refractivity contribution in [2.24, 2.45) is 0 Å². The topological polar surface area (TPSA) is 89.5 Å². The van der Waals surface area contributed by atoms with Gasteiger partial charge in [0.05, 0.1) is 6.54 Å². The highest BCUT2D eigenvalue weighted by Gasteiger charge is 2.11. The van der Waals surface area contributed by atoms with Crippen LogP contribution in [-0.4, -0.2) is 41.6 Å². The molecule has 1 aromatic heterocycles. The predicted octanol–water partition coefficient (Wildman–Crippen LogP) is 5.89. The quantitative estimate of drug-likeness (QED) is 0.202. The fraction of sp³-hybridized carbons (Fsp3) is 0.241. The Balaban J connectivity index is 0.00000186. The molecule has 0 fully saturated rings. The number of aromatic nitrogens is 3. The third-order valence-corrected chi connectivity index (χ3v) is 5.24. The molecule has 0 atom stereocenters. The van der Waals surface area contributed by atoms with Crippen LogP contribution in [0.4, 0.5) is 11.9 Å². The molecule has 8 heteroatoms. The first-order valence-corrected chi connectivity index (χ1v) is 12.3. The number of carbonyl (C=O) groups excluding carboxylic acids is 1. The molecule has 8 nitrogen and oxygen atoms in total. The van der Waals surface area contributed by atoms with Gasteiger partial charge in [-0.25, -0.2) is 0 Å². The Morgan fingerprint density at radius 3 is 2.32 bits per heavy atom. The molecule has 4 aromatic rings. The summed E-state index contributed by atoms with van der Waals surface area (Å²) < 4.78 is 11.0. The Hall–Kier alpha value is -4.46. The van der Waals surface area contributed by atoms with E-state index in [1.54, 1.807) is 0 Å². The highest BCUT2D eigenvalue weighted by molar-refractivity contribution is 5.71. The van der Waals surface area contributed by atoms with Crippen molar-refractivity contribution in [2.75, 3.05) is 30.4 Å². The molecule has 1 heterocycles. The molecule has 0 radical (unpaired) electrons. The number of likely N-dealkylation sites (N-methyl/N-ethyl adjacent to an activating group) is 1. The van der Waals surface area contributed by atoms with Gasteiger partial charge < -0.3 is 19.7 Å². The van der Waals surface area contributed by atoms with Gasteiger partial charge in [0.1, 0.15) is 23.9 Å². The molecule has 4 rings (SSSR count). The van der Waals surface area contributed by atoms with Gasteiger partial charge in [0, 0.05) is 19.2 Å². The summed E-state index contributed by atoms with van der Waals surface area (Å²) in [7, 11) is 1.84. The summed E-state index contributed by atoms with van der Waals surface area (Å²) in [6.45, 7) is 7.50. The molecule has 0 aliphatic carbocycles. The van der Waals surface area contributed by atoms with Gasteiger partial charge in [0.2, 0.25) is 11.9 Å². The Bertz CT molecular complexity index is 1250. The van der Waals surface area contributed by atoms with Crippen molar-refractivity contribution in [3.8, 4) is 22.6 Å². The first-order valence-electron chi connectivity index (χ1n) is 12.3. The number of rotatable bonds is 11. The third kappa shape index (κ3) is 8.03. The smallest absolute Gasteiger partial charge is 0.293 e. The largest absolute Gasteiger partial charge is 0.466 e. The van der Waals surface area contributed by atoms with Crippen LogP contribution in [0.1, 0.15) is 25.2 Å². The van der Waals surface area contributed by atoms with Gasteiger partial charge >= 0.3 is 0 Å². The highest BCUT2D eigenvalue weighted by atomic mass is 16.5. The van der Waals surface area contributed by atoms with Gasteiger partial charge in [-0.15, -0.1) is 0 Å². The highest BCUT2D eigenvalue weighted by Crippen LogP contribution is 2.34. The minimum atomic E-state index is 0.257. The first-order chi connectivity index (χ1) is 18.1. The maximum atomic E-state index is 10.4. The number of carbonyl (C=O) groups is 1. The average molecular weight is 500 g/mol. The molecule has 3 aromatic carbocycles. The summed E-state index contributed by atoms with van der Waals surface area (Å²) in [4.78, 5) is 25.5. The Labute approximate surface area is 218 Å².